The molecule has 48 heavy (non-hydrogen) atoms. The Kier molecular flexibility index (Phi) is 9.26. The van der Waals surface area contributed by atoms with E-state index in [1.165, 1.54) is 47.9 Å². The Hall–Kier alpha value is -4.23. The second-order valence-corrected chi connectivity index (χ2v) is 11.7. The molecule has 4 aromatic rings. The molecular weight excluding hydrogens is 658 g/mol. The van der Waals surface area contributed by atoms with Gasteiger partial charge in [0.25, 0.3) is 6.43 Å². The maximum absolute atomic E-state index is 14.7. The lowest BCUT2D eigenvalue weighted by atomic mass is 9.62. The summed E-state index contributed by atoms with van der Waals surface area (Å²) in [5, 5.41) is 4.19. The number of rotatable bonds is 9. The maximum Gasteiger partial charge on any atom is 0.418 e. The summed E-state index contributed by atoms with van der Waals surface area (Å²) >= 11 is 6.55. The first-order chi connectivity index (χ1) is 22.4. The van der Waals surface area contributed by atoms with Gasteiger partial charge in [0.1, 0.15) is 29.1 Å². The minimum Gasteiger partial charge on any atom is -0.339 e. The predicted molar refractivity (Wildman–Crippen MR) is 176 cm³/mol. The van der Waals surface area contributed by atoms with Crippen molar-refractivity contribution in [2.45, 2.75) is 37.8 Å². The van der Waals surface area contributed by atoms with Crippen molar-refractivity contribution >= 4 is 67.2 Å². The van der Waals surface area contributed by atoms with Crippen molar-refractivity contribution in [2.75, 3.05) is 28.7 Å². The quantitative estimate of drug-likeness (QED) is 0.138. The van der Waals surface area contributed by atoms with Crippen molar-refractivity contribution in [3.8, 4) is 0 Å². The lowest BCUT2D eigenvalue weighted by Gasteiger charge is -2.38. The Bertz CT molecular complexity index is 1950. The number of hydrogen-bond acceptors (Lipinski definition) is 6. The Morgan fingerprint density at radius 2 is 1.75 bits per heavy atom. The Morgan fingerprint density at radius 3 is 2.33 bits per heavy atom. The van der Waals surface area contributed by atoms with Crippen LogP contribution >= 0.6 is 11.6 Å². The van der Waals surface area contributed by atoms with Crippen LogP contribution in [0.3, 0.4) is 0 Å². The van der Waals surface area contributed by atoms with Crippen molar-refractivity contribution in [3.63, 3.8) is 0 Å². The Labute approximate surface area is 279 Å². The molecule has 0 aliphatic carbocycles. The van der Waals surface area contributed by atoms with Crippen LogP contribution in [0.15, 0.2) is 55.4 Å². The highest BCUT2D eigenvalue weighted by molar-refractivity contribution is 6.42. The number of halogens is 8. The smallest absolute Gasteiger partial charge is 0.339 e. The van der Waals surface area contributed by atoms with Crippen LogP contribution in [0.4, 0.5) is 53.6 Å². The van der Waals surface area contributed by atoms with E-state index in [-0.39, 0.29) is 61.6 Å². The summed E-state index contributed by atoms with van der Waals surface area (Å²) in [6.45, 7) is 9.84. The molecule has 246 valence electrons. The SMILES string of the molecule is [B]C([B])(C)N1C(=C)N(CC(F)F)c2cc(Nc3nc(C)nc4c(C(F)(F)F)cc(F)cc34)c(C(NC)c3cc(F)ccc3Cl)c(C=C)c21. The summed E-state index contributed by atoms with van der Waals surface area (Å²) in [5.41, 5.74) is -0.757. The minimum absolute atomic E-state index is 0.00554. The molecule has 1 unspecified atom stereocenters. The van der Waals surface area contributed by atoms with Crippen LogP contribution in [0.5, 0.6) is 0 Å². The summed E-state index contributed by atoms with van der Waals surface area (Å²) in [5.74, 6) is -2.17. The first-order valence-electron chi connectivity index (χ1n) is 14.3. The van der Waals surface area contributed by atoms with Gasteiger partial charge in [-0.05, 0) is 61.3 Å². The van der Waals surface area contributed by atoms with Crippen molar-refractivity contribution in [1.29, 1.82) is 0 Å². The summed E-state index contributed by atoms with van der Waals surface area (Å²) < 4.78 is 99.3. The van der Waals surface area contributed by atoms with Gasteiger partial charge in [-0.3, -0.25) is 0 Å². The van der Waals surface area contributed by atoms with Gasteiger partial charge >= 0.3 is 6.18 Å². The normalized spacial score (nSPS) is 14.2. The zero-order chi connectivity index (χ0) is 35.5. The van der Waals surface area contributed by atoms with E-state index in [4.69, 9.17) is 27.3 Å². The second kappa shape index (κ2) is 12.7. The fraction of sp³-hybridized carbons (Fsp3) is 0.250. The molecule has 0 saturated carbocycles. The highest BCUT2D eigenvalue weighted by atomic mass is 35.5. The van der Waals surface area contributed by atoms with E-state index < -0.39 is 53.2 Å². The zero-order valence-corrected chi connectivity index (χ0v) is 26.5. The van der Waals surface area contributed by atoms with Crippen LogP contribution < -0.4 is 20.4 Å². The molecule has 1 aliphatic heterocycles. The molecule has 0 amide bonds. The fourth-order valence-corrected chi connectivity index (χ4v) is 6.17. The summed E-state index contributed by atoms with van der Waals surface area (Å²) in [6, 6.07) is 5.28. The number of nitrogens with zero attached hydrogens (tertiary/aromatic N) is 4. The van der Waals surface area contributed by atoms with Gasteiger partial charge in [-0.2, -0.15) is 13.2 Å². The minimum atomic E-state index is -4.96. The van der Waals surface area contributed by atoms with E-state index in [9.17, 15) is 30.7 Å². The van der Waals surface area contributed by atoms with Crippen LogP contribution in [0.2, 0.25) is 5.02 Å². The van der Waals surface area contributed by atoms with E-state index in [1.54, 1.807) is 7.05 Å². The molecule has 2 heterocycles. The predicted octanol–water partition coefficient (Wildman–Crippen LogP) is 7.96. The average molecular weight is 685 g/mol. The van der Waals surface area contributed by atoms with Crippen LogP contribution in [0.25, 0.3) is 17.0 Å². The van der Waals surface area contributed by atoms with Crippen LogP contribution in [-0.2, 0) is 6.18 Å². The number of alkyl halides is 5. The van der Waals surface area contributed by atoms with Gasteiger partial charge in [-0.15, -0.1) is 0 Å². The summed E-state index contributed by atoms with van der Waals surface area (Å²) in [4.78, 5) is 10.7. The molecule has 16 heteroatoms. The third kappa shape index (κ3) is 6.33. The Balaban J connectivity index is 1.90. The topological polar surface area (TPSA) is 56.3 Å². The number of nitrogens with one attached hydrogen (secondary N) is 2. The molecule has 0 bridgehead atoms. The molecule has 1 aliphatic rings. The van der Waals surface area contributed by atoms with Crippen LogP contribution in [0, 0.1) is 18.6 Å². The fourth-order valence-electron chi connectivity index (χ4n) is 5.94. The number of hydrogen-bond donors (Lipinski definition) is 2. The lowest BCUT2D eigenvalue weighted by Crippen LogP contribution is -2.48. The molecule has 1 aromatic heterocycles. The van der Waals surface area contributed by atoms with E-state index in [2.05, 4.69) is 33.8 Å². The van der Waals surface area contributed by atoms with Gasteiger partial charge in [0.05, 0.1) is 50.7 Å². The van der Waals surface area contributed by atoms with Gasteiger partial charge in [0, 0.05) is 27.2 Å². The molecule has 1 atom stereocenters. The lowest BCUT2D eigenvalue weighted by molar-refractivity contribution is -0.136. The second-order valence-electron chi connectivity index (χ2n) is 11.3. The molecule has 2 N–H and O–H groups in total. The standard InChI is InChI=1S/C32H26B2ClF7N6/c1-6-18-26(28(43-5)19-9-16(36)7-8-22(19)35)23(12-24-29(18)48(31(4,33)34)15(3)47(24)13-25(38)39)46-30-20-10-17(37)11-21(32(40,41)42)27(20)44-14(2)45-30/h6-12,25,28,43H,1,3,13H2,2,4-5H3,(H,44,45,46). The van der Waals surface area contributed by atoms with E-state index >= 15 is 0 Å². The molecule has 5 rings (SSSR count). The van der Waals surface area contributed by atoms with E-state index in [0.29, 0.717) is 6.07 Å². The van der Waals surface area contributed by atoms with E-state index in [1.807, 2.05) is 0 Å². The number of fused-ring (bicyclic) bond motifs is 2. The van der Waals surface area contributed by atoms with Crippen molar-refractivity contribution in [3.05, 3.63) is 100 Å². The van der Waals surface area contributed by atoms with Gasteiger partial charge in [-0.25, -0.2) is 27.5 Å². The first kappa shape index (κ1) is 35.1. The Morgan fingerprint density at radius 1 is 1.06 bits per heavy atom. The largest absolute Gasteiger partial charge is 0.418 e. The third-order valence-electron chi connectivity index (χ3n) is 7.73. The van der Waals surface area contributed by atoms with Crippen molar-refractivity contribution in [1.82, 2.24) is 15.3 Å². The summed E-state index contributed by atoms with van der Waals surface area (Å²) in [7, 11) is 14.2. The average Bonchev–Trinajstić information content (AvgIpc) is 3.25. The number of anilines is 4. The van der Waals surface area contributed by atoms with Crippen molar-refractivity contribution in [2.24, 2.45) is 0 Å². The molecule has 4 radical (unpaired) electrons. The number of aryl methyl sites for hydroxylation is 1. The van der Waals surface area contributed by atoms with Gasteiger partial charge in [-0.1, -0.05) is 37.8 Å². The number of aromatic nitrogens is 2. The highest BCUT2D eigenvalue weighted by Crippen LogP contribution is 2.52. The third-order valence-corrected chi connectivity index (χ3v) is 8.08. The zero-order valence-electron chi connectivity index (χ0n) is 25.8. The highest BCUT2D eigenvalue weighted by Gasteiger charge is 2.41. The van der Waals surface area contributed by atoms with Crippen LogP contribution in [-0.4, -0.2) is 51.0 Å². The monoisotopic (exact) mass is 684 g/mol. The maximum atomic E-state index is 14.7. The molecule has 0 fully saturated rings. The van der Waals surface area contributed by atoms with Gasteiger partial charge in [0.2, 0.25) is 0 Å². The first-order valence-corrected chi connectivity index (χ1v) is 14.6. The van der Waals surface area contributed by atoms with Gasteiger partial charge in [0.15, 0.2) is 0 Å². The number of benzene rings is 3. The molecule has 6 nitrogen and oxygen atoms in total. The molecule has 3 aromatic carbocycles. The van der Waals surface area contributed by atoms with E-state index in [0.717, 1.165) is 12.1 Å². The van der Waals surface area contributed by atoms with Crippen LogP contribution in [0.1, 0.15) is 41.0 Å². The molecular formula is C32H26B2ClF7N6. The molecule has 0 spiro atoms. The summed E-state index contributed by atoms with van der Waals surface area (Å²) in [6.07, 6.45) is -6.43. The molecule has 0 saturated heterocycles. The van der Waals surface area contributed by atoms with Gasteiger partial charge < -0.3 is 20.4 Å². The van der Waals surface area contributed by atoms with Crippen molar-refractivity contribution < 1.29 is 30.7 Å².